The monoisotopic (exact) mass is 899 g/mol. The van der Waals surface area contributed by atoms with Gasteiger partial charge in [-0.05, 0) is 19.3 Å². The van der Waals surface area contributed by atoms with Crippen LogP contribution in [0.15, 0.2) is 12.2 Å². The van der Waals surface area contributed by atoms with Gasteiger partial charge >= 0.3 is 0 Å². The molecule has 0 rings (SSSR count). The number of phosphoric acid groups is 1. The lowest BCUT2D eigenvalue weighted by molar-refractivity contribution is -0.870. The average Bonchev–Trinajstić information content (AvgIpc) is 3.23. The molecule has 0 saturated heterocycles. The second-order valence-corrected chi connectivity index (χ2v) is 21.4. The molecule has 3 atom stereocenters. The summed E-state index contributed by atoms with van der Waals surface area (Å²) in [5, 5.41) is 13.7. The number of quaternary nitrogens is 1. The van der Waals surface area contributed by atoms with Crippen molar-refractivity contribution in [3.05, 3.63) is 12.2 Å². The average molecular weight is 899 g/mol. The molecule has 62 heavy (non-hydrogen) atoms. The summed E-state index contributed by atoms with van der Waals surface area (Å²) in [5.41, 5.74) is 0. The number of nitrogens with zero attached hydrogens (tertiary/aromatic N) is 1. The Hall–Kier alpha value is -0.760. The summed E-state index contributed by atoms with van der Waals surface area (Å²) in [4.78, 5) is 25.3. The zero-order valence-electron chi connectivity index (χ0n) is 42.1. The van der Waals surface area contributed by atoms with Gasteiger partial charge in [-0.3, -0.25) is 9.36 Å². The highest BCUT2D eigenvalue weighted by molar-refractivity contribution is 7.45. The smallest absolute Gasteiger partial charge is 0.268 e. The van der Waals surface area contributed by atoms with Gasteiger partial charge in [-0.25, -0.2) is 0 Å². The van der Waals surface area contributed by atoms with Gasteiger partial charge in [-0.15, -0.1) is 0 Å². The van der Waals surface area contributed by atoms with Crippen LogP contribution in [0.1, 0.15) is 271 Å². The third-order valence-electron chi connectivity index (χ3n) is 12.5. The van der Waals surface area contributed by atoms with Crippen molar-refractivity contribution in [2.75, 3.05) is 40.9 Å². The molecule has 0 aliphatic rings. The van der Waals surface area contributed by atoms with E-state index in [-0.39, 0.29) is 19.1 Å². The molecule has 0 fully saturated rings. The number of nitrogens with one attached hydrogen (secondary N) is 1. The van der Waals surface area contributed by atoms with Gasteiger partial charge < -0.3 is 28.8 Å². The number of unbranched alkanes of at least 4 members (excludes halogenated alkanes) is 37. The number of likely N-dealkylation sites (N-methyl/N-ethyl adjacent to an activating group) is 1. The molecule has 0 saturated carbocycles. The molecule has 1 unspecified atom stereocenters. The fourth-order valence-electron chi connectivity index (χ4n) is 8.21. The number of hydrogen-bond donors (Lipinski definition) is 2. The summed E-state index contributed by atoms with van der Waals surface area (Å²) < 4.78 is 23.2. The van der Waals surface area contributed by atoms with Crippen molar-refractivity contribution >= 4 is 13.7 Å². The largest absolute Gasteiger partial charge is 0.756 e. The minimum absolute atomic E-state index is 0.00189. The Kier molecular flexibility index (Phi) is 44.8. The molecule has 0 radical (unpaired) electrons. The molecule has 9 heteroatoms. The second kappa shape index (κ2) is 45.4. The first-order chi connectivity index (χ1) is 30.0. The molecule has 8 nitrogen and oxygen atoms in total. The van der Waals surface area contributed by atoms with Gasteiger partial charge in [0.2, 0.25) is 5.91 Å². The fourth-order valence-corrected chi connectivity index (χ4v) is 8.94. The van der Waals surface area contributed by atoms with E-state index in [2.05, 4.69) is 19.2 Å². The first-order valence-electron chi connectivity index (χ1n) is 27.1. The van der Waals surface area contributed by atoms with E-state index in [4.69, 9.17) is 9.05 Å². The summed E-state index contributed by atoms with van der Waals surface area (Å²) in [6.07, 6.45) is 54.6. The molecule has 0 aromatic rings. The van der Waals surface area contributed by atoms with E-state index in [1.54, 1.807) is 6.08 Å². The van der Waals surface area contributed by atoms with Crippen LogP contribution in [-0.4, -0.2) is 68.5 Å². The molecule has 370 valence electrons. The lowest BCUT2D eigenvalue weighted by Crippen LogP contribution is -2.45. The van der Waals surface area contributed by atoms with Crippen molar-refractivity contribution in [3.63, 3.8) is 0 Å². The number of rotatable bonds is 50. The minimum Gasteiger partial charge on any atom is -0.756 e. The molecule has 0 aromatic heterocycles. The number of carbonyl (C=O) groups excluding carboxylic acids is 1. The van der Waals surface area contributed by atoms with Crippen LogP contribution in [0.2, 0.25) is 0 Å². The van der Waals surface area contributed by atoms with Crippen LogP contribution in [0.3, 0.4) is 0 Å². The van der Waals surface area contributed by atoms with Crippen molar-refractivity contribution in [3.8, 4) is 0 Å². The van der Waals surface area contributed by atoms with Gasteiger partial charge in [0.1, 0.15) is 13.2 Å². The van der Waals surface area contributed by atoms with Gasteiger partial charge in [-0.2, -0.15) is 0 Å². The number of allylic oxidation sites excluding steroid dienone is 1. The zero-order valence-corrected chi connectivity index (χ0v) is 43.0. The number of aliphatic hydroxyl groups excluding tert-OH is 1. The Bertz CT molecular complexity index is 1020. The van der Waals surface area contributed by atoms with Gasteiger partial charge in [0, 0.05) is 6.42 Å². The number of hydrogen-bond acceptors (Lipinski definition) is 6. The van der Waals surface area contributed by atoms with Gasteiger partial charge in [0.15, 0.2) is 0 Å². The lowest BCUT2D eigenvalue weighted by atomic mass is 10.0. The molecular formula is C53H107N2O6P. The van der Waals surface area contributed by atoms with E-state index in [1.807, 2.05) is 27.2 Å². The molecular weight excluding hydrogens is 792 g/mol. The second-order valence-electron chi connectivity index (χ2n) is 19.9. The molecule has 0 aromatic carbocycles. The topological polar surface area (TPSA) is 108 Å². The van der Waals surface area contributed by atoms with E-state index < -0.39 is 20.0 Å². The Balaban J connectivity index is 3.91. The van der Waals surface area contributed by atoms with Crippen molar-refractivity contribution in [1.82, 2.24) is 5.32 Å². The maximum atomic E-state index is 12.9. The normalized spacial score (nSPS) is 14.1. The van der Waals surface area contributed by atoms with Crippen molar-refractivity contribution in [2.24, 2.45) is 0 Å². The van der Waals surface area contributed by atoms with Crippen molar-refractivity contribution < 1.29 is 32.9 Å². The Labute approximate surface area is 386 Å². The van der Waals surface area contributed by atoms with Crippen LogP contribution in [0.25, 0.3) is 0 Å². The number of carbonyl (C=O) groups is 1. The summed E-state index contributed by atoms with van der Waals surface area (Å²) in [7, 11) is 1.27. The number of phosphoric ester groups is 1. The molecule has 0 bridgehead atoms. The third kappa shape index (κ3) is 47.2. The molecule has 1 amide bonds. The maximum absolute atomic E-state index is 12.9. The predicted octanol–water partition coefficient (Wildman–Crippen LogP) is 15.2. The SMILES string of the molecule is CCCCCCCCC/C=C/[C@@H](O)[C@H](COP(=O)([O-])OCC[N+](C)(C)C)NC(=O)CCCCCCCCCCCCCCCCCCCCCCCCCCCCCCCCC. The van der Waals surface area contributed by atoms with Crippen LogP contribution < -0.4 is 10.2 Å². The standard InChI is InChI=1S/C53H107N2O6P/c1-6-8-10-12-14-16-17-18-19-20-21-22-23-24-25-26-27-28-29-30-31-32-33-34-35-36-37-39-41-43-45-47-53(57)54-51(50-61-62(58,59)60-49-48-55(3,4)5)52(56)46-44-42-40-38-15-13-11-9-7-2/h44,46,51-52,56H,6-43,45,47-50H2,1-5H3,(H-,54,57,58,59)/b46-44+/t51-,52+/m0/s1. The van der Waals surface area contributed by atoms with Crippen LogP contribution >= 0.6 is 7.82 Å². The highest BCUT2D eigenvalue weighted by atomic mass is 31.2. The van der Waals surface area contributed by atoms with Crippen LogP contribution in [0, 0.1) is 0 Å². The molecule has 0 aliphatic heterocycles. The van der Waals surface area contributed by atoms with Crippen LogP contribution in [0.5, 0.6) is 0 Å². The number of aliphatic hydroxyl groups is 1. The Morgan fingerprint density at radius 2 is 0.871 bits per heavy atom. The highest BCUT2D eigenvalue weighted by Gasteiger charge is 2.23. The van der Waals surface area contributed by atoms with Gasteiger partial charge in [-0.1, -0.05) is 257 Å². The first kappa shape index (κ1) is 61.2. The summed E-state index contributed by atoms with van der Waals surface area (Å²) in [6, 6.07) is -0.879. The first-order valence-corrected chi connectivity index (χ1v) is 28.5. The number of amides is 1. The Morgan fingerprint density at radius 1 is 0.548 bits per heavy atom. The van der Waals surface area contributed by atoms with E-state index in [1.165, 1.54) is 212 Å². The summed E-state index contributed by atoms with van der Waals surface area (Å²) in [6.45, 7) is 4.64. The minimum atomic E-state index is -4.58. The van der Waals surface area contributed by atoms with Crippen molar-refractivity contribution in [2.45, 2.75) is 283 Å². The van der Waals surface area contributed by atoms with Crippen molar-refractivity contribution in [1.29, 1.82) is 0 Å². The Morgan fingerprint density at radius 3 is 1.21 bits per heavy atom. The summed E-state index contributed by atoms with van der Waals surface area (Å²) in [5.74, 6) is -0.194. The maximum Gasteiger partial charge on any atom is 0.268 e. The zero-order chi connectivity index (χ0) is 45.7. The molecule has 0 spiro atoms. The van der Waals surface area contributed by atoms with Gasteiger partial charge in [0.25, 0.3) is 7.82 Å². The van der Waals surface area contributed by atoms with E-state index in [9.17, 15) is 19.4 Å². The molecule has 0 aliphatic carbocycles. The van der Waals surface area contributed by atoms with Crippen LogP contribution in [0.4, 0.5) is 0 Å². The van der Waals surface area contributed by atoms with E-state index in [0.717, 1.165) is 38.5 Å². The van der Waals surface area contributed by atoms with E-state index in [0.29, 0.717) is 17.4 Å². The van der Waals surface area contributed by atoms with Gasteiger partial charge in [0.05, 0.1) is 39.9 Å². The quantitative estimate of drug-likeness (QED) is 0.0272. The van der Waals surface area contributed by atoms with E-state index >= 15 is 0 Å². The lowest BCUT2D eigenvalue weighted by Gasteiger charge is -2.29. The molecule has 0 heterocycles. The van der Waals surface area contributed by atoms with Crippen LogP contribution in [-0.2, 0) is 18.4 Å². The molecule has 2 N–H and O–H groups in total. The highest BCUT2D eigenvalue weighted by Crippen LogP contribution is 2.38. The third-order valence-corrected chi connectivity index (χ3v) is 13.5. The predicted molar refractivity (Wildman–Crippen MR) is 266 cm³/mol. The fraction of sp³-hybridized carbons (Fsp3) is 0.943. The summed E-state index contributed by atoms with van der Waals surface area (Å²) >= 11 is 0.